The second-order valence-electron chi connectivity index (χ2n) is 6.99. The number of hydrogen-bond acceptors (Lipinski definition) is 6. The number of amides is 2. The van der Waals surface area contributed by atoms with Crippen LogP contribution in [0.2, 0.25) is 0 Å². The molecule has 0 saturated carbocycles. The van der Waals surface area contributed by atoms with Gasteiger partial charge in [0.25, 0.3) is 5.91 Å². The topological polar surface area (TPSA) is 80.3 Å². The zero-order valence-electron chi connectivity index (χ0n) is 17.9. The smallest absolute Gasteiger partial charge is 0.251 e. The Morgan fingerprint density at radius 2 is 1.71 bits per heavy atom. The molecule has 0 aliphatic carbocycles. The van der Waals surface area contributed by atoms with Crippen LogP contribution in [-0.4, -0.2) is 61.1 Å². The lowest BCUT2D eigenvalue weighted by atomic mass is 10.1. The molecule has 2 aromatic carbocycles. The van der Waals surface area contributed by atoms with Gasteiger partial charge in [-0.25, -0.2) is 0 Å². The molecule has 31 heavy (non-hydrogen) atoms. The Labute approximate surface area is 186 Å². The van der Waals surface area contributed by atoms with Crippen LogP contribution in [0.25, 0.3) is 0 Å². The molecule has 1 fully saturated rings. The lowest BCUT2D eigenvalue weighted by molar-refractivity contribution is -0.130. The molecule has 2 aromatic rings. The summed E-state index contributed by atoms with van der Waals surface area (Å²) in [5.41, 5.74) is 1.50. The molecule has 1 aliphatic heterocycles. The van der Waals surface area contributed by atoms with Gasteiger partial charge < -0.3 is 24.4 Å². The maximum Gasteiger partial charge on any atom is 0.251 e. The van der Waals surface area contributed by atoms with Crippen molar-refractivity contribution in [1.82, 2.24) is 9.80 Å². The fraction of sp³-hybridized carbons (Fsp3) is 0.318. The molecule has 1 heterocycles. The fourth-order valence-electron chi connectivity index (χ4n) is 3.39. The first-order valence-corrected chi connectivity index (χ1v) is 10.0. The van der Waals surface area contributed by atoms with E-state index in [2.05, 4.69) is 5.32 Å². The average Bonchev–Trinajstić information content (AvgIpc) is 2.97. The van der Waals surface area contributed by atoms with E-state index in [0.717, 1.165) is 5.56 Å². The first-order chi connectivity index (χ1) is 14.9. The summed E-state index contributed by atoms with van der Waals surface area (Å²) in [6.07, 6.45) is -0.0252. The van der Waals surface area contributed by atoms with Gasteiger partial charge in [-0.1, -0.05) is 6.07 Å². The molecule has 0 radical (unpaired) electrons. The molecule has 1 saturated heterocycles. The van der Waals surface area contributed by atoms with Gasteiger partial charge >= 0.3 is 0 Å². The van der Waals surface area contributed by atoms with Gasteiger partial charge in [0.1, 0.15) is 11.8 Å². The van der Waals surface area contributed by atoms with Gasteiger partial charge in [0, 0.05) is 19.3 Å². The predicted molar refractivity (Wildman–Crippen MR) is 120 cm³/mol. The summed E-state index contributed by atoms with van der Waals surface area (Å²) in [4.78, 5) is 28.6. The van der Waals surface area contributed by atoms with Crippen LogP contribution in [0.15, 0.2) is 42.5 Å². The van der Waals surface area contributed by atoms with Gasteiger partial charge in [0.2, 0.25) is 5.91 Å². The highest BCUT2D eigenvalue weighted by molar-refractivity contribution is 7.80. The van der Waals surface area contributed by atoms with E-state index in [9.17, 15) is 9.59 Å². The van der Waals surface area contributed by atoms with Crippen molar-refractivity contribution in [3.8, 4) is 17.2 Å². The molecular weight excluding hydrogens is 418 g/mol. The highest BCUT2D eigenvalue weighted by Crippen LogP contribution is 2.30. The number of anilines is 1. The third-order valence-corrected chi connectivity index (χ3v) is 5.59. The zero-order valence-corrected chi connectivity index (χ0v) is 18.7. The van der Waals surface area contributed by atoms with Crippen LogP contribution in [-0.2, 0) is 16.1 Å². The number of methoxy groups -OCH3 is 3. The number of nitrogens with zero attached hydrogens (tertiary/aromatic N) is 2. The minimum atomic E-state index is -0.691. The second-order valence-corrected chi connectivity index (χ2v) is 7.36. The fourth-order valence-corrected chi connectivity index (χ4v) is 3.67. The normalized spacial score (nSPS) is 15.8. The van der Waals surface area contributed by atoms with Crippen molar-refractivity contribution in [2.45, 2.75) is 19.0 Å². The van der Waals surface area contributed by atoms with Crippen LogP contribution in [0.3, 0.4) is 0 Å². The molecule has 2 amide bonds. The summed E-state index contributed by atoms with van der Waals surface area (Å²) in [5, 5.41) is 3.19. The number of ether oxygens (including phenoxy) is 3. The Kier molecular flexibility index (Phi) is 6.96. The Hall–Kier alpha value is -3.33. The maximum atomic E-state index is 12.8. The maximum absolute atomic E-state index is 12.8. The van der Waals surface area contributed by atoms with E-state index in [0.29, 0.717) is 34.6 Å². The van der Waals surface area contributed by atoms with E-state index in [1.165, 1.54) is 4.90 Å². The number of likely N-dealkylation sites (N-methyl/N-ethyl adjacent to an activating group) is 1. The molecule has 0 unspecified atom stereocenters. The summed E-state index contributed by atoms with van der Waals surface area (Å²) < 4.78 is 15.8. The SMILES string of the molecule is COc1ccc(NC(=O)C[C@@H]2C(=O)N(C)C(=S)N2Cc2ccc(OC)c(OC)c2)cc1. The zero-order chi connectivity index (χ0) is 22.5. The third kappa shape index (κ3) is 4.88. The number of rotatable bonds is 8. The van der Waals surface area contributed by atoms with Gasteiger partial charge in [-0.15, -0.1) is 0 Å². The van der Waals surface area contributed by atoms with Crippen LogP contribution in [0.5, 0.6) is 17.2 Å². The molecule has 9 heteroatoms. The first kappa shape index (κ1) is 22.4. The molecule has 0 spiro atoms. The molecular formula is C22H25N3O5S. The van der Waals surface area contributed by atoms with Crippen LogP contribution in [0, 0.1) is 0 Å². The summed E-state index contributed by atoms with van der Waals surface area (Å²) in [6, 6.07) is 11.8. The van der Waals surface area contributed by atoms with Crippen molar-refractivity contribution in [3.63, 3.8) is 0 Å². The van der Waals surface area contributed by atoms with E-state index in [1.807, 2.05) is 12.1 Å². The monoisotopic (exact) mass is 443 g/mol. The standard InChI is InChI=1S/C22H25N3O5S/c1-24-21(27)17(12-20(26)23-15-6-8-16(28-2)9-7-15)25(22(24)31)13-14-5-10-18(29-3)19(11-14)30-4/h5-11,17H,12-13H2,1-4H3,(H,23,26)/t17-/m1/s1. The Morgan fingerprint density at radius 3 is 2.32 bits per heavy atom. The number of nitrogens with one attached hydrogen (secondary N) is 1. The van der Waals surface area contributed by atoms with Crippen molar-refractivity contribution in [1.29, 1.82) is 0 Å². The van der Waals surface area contributed by atoms with Crippen LogP contribution >= 0.6 is 12.2 Å². The van der Waals surface area contributed by atoms with Gasteiger partial charge in [0.05, 0.1) is 27.8 Å². The van der Waals surface area contributed by atoms with Crippen molar-refractivity contribution in [2.75, 3.05) is 33.7 Å². The van der Waals surface area contributed by atoms with Crippen molar-refractivity contribution >= 4 is 34.8 Å². The largest absolute Gasteiger partial charge is 0.497 e. The number of carbonyl (C=O) groups is 2. The molecule has 1 atom stereocenters. The van der Waals surface area contributed by atoms with Gasteiger partial charge in [-0.2, -0.15) is 0 Å². The van der Waals surface area contributed by atoms with Crippen molar-refractivity contribution in [3.05, 3.63) is 48.0 Å². The summed E-state index contributed by atoms with van der Waals surface area (Å²) in [5.74, 6) is 1.39. The quantitative estimate of drug-likeness (QED) is 0.629. The minimum absolute atomic E-state index is 0.0252. The first-order valence-electron chi connectivity index (χ1n) is 9.61. The Balaban J connectivity index is 1.74. The van der Waals surface area contributed by atoms with Crippen LogP contribution < -0.4 is 19.5 Å². The van der Waals surface area contributed by atoms with Crippen LogP contribution in [0.4, 0.5) is 5.69 Å². The van der Waals surface area contributed by atoms with Crippen LogP contribution in [0.1, 0.15) is 12.0 Å². The van der Waals surface area contributed by atoms with Crippen molar-refractivity contribution < 1.29 is 23.8 Å². The molecule has 8 nitrogen and oxygen atoms in total. The second kappa shape index (κ2) is 9.65. The summed E-state index contributed by atoms with van der Waals surface area (Å²) in [6.45, 7) is 0.357. The lowest BCUT2D eigenvalue weighted by Crippen LogP contribution is -2.37. The van der Waals surface area contributed by atoms with E-state index in [-0.39, 0.29) is 18.2 Å². The summed E-state index contributed by atoms with van der Waals surface area (Å²) in [7, 11) is 6.32. The molecule has 3 rings (SSSR count). The highest BCUT2D eigenvalue weighted by atomic mass is 32.1. The predicted octanol–water partition coefficient (Wildman–Crippen LogP) is 2.67. The highest BCUT2D eigenvalue weighted by Gasteiger charge is 2.41. The number of hydrogen-bond donors (Lipinski definition) is 1. The Morgan fingerprint density at radius 1 is 1.03 bits per heavy atom. The summed E-state index contributed by atoms with van der Waals surface area (Å²) >= 11 is 5.47. The molecule has 1 N–H and O–H groups in total. The van der Waals surface area contributed by atoms with Gasteiger partial charge in [-0.05, 0) is 54.2 Å². The van der Waals surface area contributed by atoms with Gasteiger partial charge in [0.15, 0.2) is 16.6 Å². The Bertz CT molecular complexity index is 980. The van der Waals surface area contributed by atoms with Gasteiger partial charge in [-0.3, -0.25) is 14.5 Å². The minimum Gasteiger partial charge on any atom is -0.497 e. The number of thiocarbonyl (C=S) groups is 1. The number of benzene rings is 2. The number of carbonyl (C=O) groups excluding carboxylic acids is 2. The molecule has 0 bridgehead atoms. The van der Waals surface area contributed by atoms with E-state index in [1.54, 1.807) is 63.6 Å². The van der Waals surface area contributed by atoms with E-state index >= 15 is 0 Å². The third-order valence-electron chi connectivity index (χ3n) is 5.08. The average molecular weight is 444 g/mol. The van der Waals surface area contributed by atoms with E-state index < -0.39 is 6.04 Å². The van der Waals surface area contributed by atoms with Crippen molar-refractivity contribution in [2.24, 2.45) is 0 Å². The lowest BCUT2D eigenvalue weighted by Gasteiger charge is -2.24. The molecule has 0 aromatic heterocycles. The molecule has 1 aliphatic rings. The van der Waals surface area contributed by atoms with E-state index in [4.69, 9.17) is 26.4 Å². The molecule has 164 valence electrons.